The average molecular weight is 243 g/mol. The van der Waals surface area contributed by atoms with Crippen LogP contribution in [0.1, 0.15) is 24.8 Å². The number of benzene rings is 1. The zero-order valence-electron chi connectivity index (χ0n) is 9.80. The molecule has 3 nitrogen and oxygen atoms in total. The first-order valence-electron chi connectivity index (χ1n) is 5.60. The zero-order valence-corrected chi connectivity index (χ0v) is 9.80. The van der Waals surface area contributed by atoms with Crippen LogP contribution in [0.25, 0.3) is 0 Å². The normalized spacial score (nSPS) is 18.1. The Morgan fingerprint density at radius 1 is 1.29 bits per heavy atom. The molecule has 0 bridgehead atoms. The fourth-order valence-corrected chi connectivity index (χ4v) is 1.96. The lowest BCUT2D eigenvalue weighted by Crippen LogP contribution is -2.25. The Balaban J connectivity index is 2.23. The van der Waals surface area contributed by atoms with Crippen molar-refractivity contribution in [1.29, 1.82) is 0 Å². The molecule has 0 saturated heterocycles. The van der Waals surface area contributed by atoms with Gasteiger partial charge in [-0.2, -0.15) is 0 Å². The van der Waals surface area contributed by atoms with Crippen LogP contribution in [-0.4, -0.2) is 19.9 Å². The number of rotatable bonds is 4. The van der Waals surface area contributed by atoms with Gasteiger partial charge in [-0.05, 0) is 37.1 Å². The predicted molar refractivity (Wildman–Crippen MR) is 59.6 cm³/mol. The van der Waals surface area contributed by atoms with E-state index in [0.717, 1.165) is 18.5 Å². The van der Waals surface area contributed by atoms with Gasteiger partial charge in [0, 0.05) is 6.54 Å². The molecule has 1 aliphatic heterocycles. The Morgan fingerprint density at radius 2 is 2.00 bits per heavy atom. The highest BCUT2D eigenvalue weighted by molar-refractivity contribution is 5.46. The van der Waals surface area contributed by atoms with Gasteiger partial charge in [-0.1, -0.05) is 13.0 Å². The van der Waals surface area contributed by atoms with Crippen molar-refractivity contribution >= 4 is 0 Å². The second-order valence-electron chi connectivity index (χ2n) is 4.04. The summed E-state index contributed by atoms with van der Waals surface area (Å²) in [6, 6.07) is 4.96. The molecule has 1 unspecified atom stereocenters. The molecule has 1 heterocycles. The van der Waals surface area contributed by atoms with E-state index in [9.17, 15) is 8.78 Å². The van der Waals surface area contributed by atoms with E-state index in [1.54, 1.807) is 12.1 Å². The Morgan fingerprint density at radius 3 is 2.65 bits per heavy atom. The summed E-state index contributed by atoms with van der Waals surface area (Å²) >= 11 is 0. The average Bonchev–Trinajstić information content (AvgIpc) is 2.58. The highest BCUT2D eigenvalue weighted by atomic mass is 19.3. The number of halogens is 2. The summed E-state index contributed by atoms with van der Waals surface area (Å²) in [6.07, 6.45) is -2.61. The summed E-state index contributed by atoms with van der Waals surface area (Å²) in [4.78, 5) is 0. The smallest absolute Gasteiger partial charge is 0.395 e. The first-order chi connectivity index (χ1) is 8.05. The molecule has 17 heavy (non-hydrogen) atoms. The summed E-state index contributed by atoms with van der Waals surface area (Å²) in [5.74, 6) is 0.489. The predicted octanol–water partition coefficient (Wildman–Crippen LogP) is 2.72. The van der Waals surface area contributed by atoms with Crippen LogP contribution in [0.15, 0.2) is 18.2 Å². The van der Waals surface area contributed by atoms with Gasteiger partial charge in [-0.3, -0.25) is 0 Å². The first kappa shape index (κ1) is 12.1. The van der Waals surface area contributed by atoms with Crippen LogP contribution < -0.4 is 14.8 Å². The van der Waals surface area contributed by atoms with Crippen molar-refractivity contribution in [3.63, 3.8) is 0 Å². The molecule has 0 aliphatic carbocycles. The third-order valence-corrected chi connectivity index (χ3v) is 2.84. The Bertz CT molecular complexity index is 409. The molecule has 1 aromatic rings. The van der Waals surface area contributed by atoms with Crippen molar-refractivity contribution in [2.75, 3.05) is 13.6 Å². The molecular formula is C12H15F2NO2. The molecule has 0 spiro atoms. The molecule has 94 valence electrons. The minimum absolute atomic E-state index is 0.0954. The molecule has 2 rings (SSSR count). The zero-order chi connectivity index (χ0) is 12.5. The largest absolute Gasteiger partial charge is 0.586 e. The summed E-state index contributed by atoms with van der Waals surface area (Å²) in [5.41, 5.74) is 0.974. The molecule has 1 atom stereocenters. The Kier molecular flexibility index (Phi) is 3.19. The molecular weight excluding hydrogens is 228 g/mol. The lowest BCUT2D eigenvalue weighted by atomic mass is 9.96. The van der Waals surface area contributed by atoms with Crippen molar-refractivity contribution in [3.05, 3.63) is 23.8 Å². The number of nitrogens with one attached hydrogen (secondary N) is 1. The van der Waals surface area contributed by atoms with Gasteiger partial charge in [0.2, 0.25) is 0 Å². The van der Waals surface area contributed by atoms with E-state index in [1.807, 2.05) is 7.05 Å². The monoisotopic (exact) mass is 243 g/mol. The van der Waals surface area contributed by atoms with Crippen LogP contribution in [0.4, 0.5) is 8.78 Å². The van der Waals surface area contributed by atoms with E-state index < -0.39 is 6.29 Å². The van der Waals surface area contributed by atoms with E-state index in [1.165, 1.54) is 6.07 Å². The highest BCUT2D eigenvalue weighted by Crippen LogP contribution is 2.42. The number of ether oxygens (including phenoxy) is 2. The van der Waals surface area contributed by atoms with E-state index in [0.29, 0.717) is 0 Å². The van der Waals surface area contributed by atoms with Crippen LogP contribution in [0, 0.1) is 0 Å². The van der Waals surface area contributed by atoms with Crippen molar-refractivity contribution in [3.8, 4) is 11.5 Å². The van der Waals surface area contributed by atoms with Crippen LogP contribution in [0.2, 0.25) is 0 Å². The van der Waals surface area contributed by atoms with E-state index >= 15 is 0 Å². The summed E-state index contributed by atoms with van der Waals surface area (Å²) in [5, 5.41) is 3.08. The topological polar surface area (TPSA) is 30.5 Å². The van der Waals surface area contributed by atoms with Gasteiger partial charge in [0.1, 0.15) is 0 Å². The van der Waals surface area contributed by atoms with Crippen LogP contribution in [0.5, 0.6) is 11.5 Å². The molecule has 1 aliphatic rings. The highest BCUT2D eigenvalue weighted by Gasteiger charge is 2.43. The fourth-order valence-electron chi connectivity index (χ4n) is 1.96. The molecule has 0 aromatic heterocycles. The third-order valence-electron chi connectivity index (χ3n) is 2.84. The van der Waals surface area contributed by atoms with Gasteiger partial charge >= 0.3 is 6.29 Å². The quantitative estimate of drug-likeness (QED) is 0.882. The second-order valence-corrected chi connectivity index (χ2v) is 4.04. The van der Waals surface area contributed by atoms with Gasteiger partial charge in [-0.25, -0.2) is 0 Å². The maximum Gasteiger partial charge on any atom is 0.586 e. The van der Waals surface area contributed by atoms with Gasteiger partial charge < -0.3 is 14.8 Å². The van der Waals surface area contributed by atoms with E-state index in [4.69, 9.17) is 0 Å². The summed E-state index contributed by atoms with van der Waals surface area (Å²) < 4.78 is 34.5. The van der Waals surface area contributed by atoms with Crippen molar-refractivity contribution in [2.45, 2.75) is 25.6 Å². The molecule has 1 aromatic carbocycles. The molecule has 0 radical (unpaired) electrons. The Hall–Kier alpha value is -1.36. The van der Waals surface area contributed by atoms with Gasteiger partial charge in [0.15, 0.2) is 11.5 Å². The number of alkyl halides is 2. The number of hydrogen-bond donors (Lipinski definition) is 1. The molecule has 1 N–H and O–H groups in total. The van der Waals surface area contributed by atoms with Crippen LogP contribution in [-0.2, 0) is 0 Å². The van der Waals surface area contributed by atoms with Crippen molar-refractivity contribution in [2.24, 2.45) is 0 Å². The number of likely N-dealkylation sites (N-methyl/N-ethyl adjacent to an activating group) is 1. The molecule has 0 saturated carbocycles. The second kappa shape index (κ2) is 4.49. The Labute approximate surface area is 98.7 Å². The van der Waals surface area contributed by atoms with Gasteiger partial charge in [0.05, 0.1) is 0 Å². The maximum atomic E-state index is 12.8. The SMILES string of the molecule is CCC(CNC)c1ccc2c(c1)OC(F)(F)O2. The number of fused-ring (bicyclic) bond motifs is 1. The molecule has 0 fully saturated rings. The maximum absolute atomic E-state index is 12.8. The first-order valence-corrected chi connectivity index (χ1v) is 5.60. The molecule has 0 amide bonds. The lowest BCUT2D eigenvalue weighted by Gasteiger charge is -2.14. The lowest BCUT2D eigenvalue weighted by molar-refractivity contribution is -0.286. The van der Waals surface area contributed by atoms with E-state index in [2.05, 4.69) is 21.7 Å². The summed E-state index contributed by atoms with van der Waals surface area (Å²) in [6.45, 7) is 2.85. The van der Waals surface area contributed by atoms with Crippen molar-refractivity contribution < 1.29 is 18.3 Å². The van der Waals surface area contributed by atoms with Crippen LogP contribution >= 0.6 is 0 Å². The standard InChI is InChI=1S/C12H15F2NO2/c1-3-8(7-15-2)9-4-5-10-11(6-9)17-12(13,14)16-10/h4-6,8,15H,3,7H2,1-2H3. The minimum Gasteiger partial charge on any atom is -0.395 e. The summed E-state index contributed by atoms with van der Waals surface area (Å²) in [7, 11) is 1.86. The minimum atomic E-state index is -3.54. The van der Waals surface area contributed by atoms with E-state index in [-0.39, 0.29) is 17.4 Å². The fraction of sp³-hybridized carbons (Fsp3) is 0.500. The molecule has 5 heteroatoms. The number of hydrogen-bond acceptors (Lipinski definition) is 3. The van der Waals surface area contributed by atoms with Crippen molar-refractivity contribution in [1.82, 2.24) is 5.32 Å². The van der Waals surface area contributed by atoms with Gasteiger partial charge in [0.25, 0.3) is 0 Å². The third kappa shape index (κ3) is 2.49. The van der Waals surface area contributed by atoms with Crippen LogP contribution in [0.3, 0.4) is 0 Å². The van der Waals surface area contributed by atoms with Gasteiger partial charge in [-0.15, -0.1) is 8.78 Å².